The quantitative estimate of drug-likeness (QED) is 0.748. The summed E-state index contributed by atoms with van der Waals surface area (Å²) in [5.41, 5.74) is 3.09. The number of nitrogens with one attached hydrogen (secondary N) is 2. The van der Waals surface area contributed by atoms with Crippen molar-refractivity contribution in [3.8, 4) is 0 Å². The molecule has 0 spiro atoms. The molecule has 0 aliphatic carbocycles. The van der Waals surface area contributed by atoms with E-state index in [4.69, 9.17) is 23.8 Å². The minimum atomic E-state index is -0.447. The molecule has 2 rings (SSSR count). The number of hydrogen-bond donors (Lipinski definition) is 2. The van der Waals surface area contributed by atoms with Gasteiger partial charge < -0.3 is 10.6 Å². The van der Waals surface area contributed by atoms with Crippen LogP contribution < -0.4 is 10.6 Å². The lowest BCUT2D eigenvalue weighted by atomic mass is 10.00. The summed E-state index contributed by atoms with van der Waals surface area (Å²) in [6.07, 6.45) is 0.900. The topological polar surface area (TPSA) is 24.1 Å². The summed E-state index contributed by atoms with van der Waals surface area (Å²) >= 11 is 11.1. The van der Waals surface area contributed by atoms with E-state index in [-0.39, 0.29) is 11.1 Å². The first-order valence-corrected chi connectivity index (χ1v) is 7.88. The number of rotatable bonds is 4. The molecule has 0 radical (unpaired) electrons. The highest BCUT2D eigenvalue weighted by Gasteiger charge is 2.12. The summed E-state index contributed by atoms with van der Waals surface area (Å²) in [5.74, 6) is -0.447. The van der Waals surface area contributed by atoms with Crippen LogP contribution in [0.4, 0.5) is 10.1 Å². The Morgan fingerprint density at radius 1 is 1.27 bits per heavy atom. The summed E-state index contributed by atoms with van der Waals surface area (Å²) in [6.45, 7) is 4.18. The van der Waals surface area contributed by atoms with Gasteiger partial charge in [-0.3, -0.25) is 0 Å². The van der Waals surface area contributed by atoms with E-state index in [2.05, 4.69) is 36.6 Å². The molecule has 2 aromatic carbocycles. The summed E-state index contributed by atoms with van der Waals surface area (Å²) in [7, 11) is 0. The van der Waals surface area contributed by atoms with Crippen LogP contribution in [0, 0.1) is 12.7 Å². The third-order valence-corrected chi connectivity index (χ3v) is 3.96. The van der Waals surface area contributed by atoms with E-state index >= 15 is 0 Å². The normalized spacial score (nSPS) is 11.8. The second kappa shape index (κ2) is 7.56. The summed E-state index contributed by atoms with van der Waals surface area (Å²) in [4.78, 5) is 0. The third kappa shape index (κ3) is 4.18. The van der Waals surface area contributed by atoms with Gasteiger partial charge in [-0.1, -0.05) is 42.8 Å². The van der Waals surface area contributed by atoms with Crippen LogP contribution in [0.15, 0.2) is 42.5 Å². The molecule has 22 heavy (non-hydrogen) atoms. The molecule has 2 nitrogen and oxygen atoms in total. The third-order valence-electron chi connectivity index (χ3n) is 3.45. The molecule has 0 saturated carbocycles. The fourth-order valence-corrected chi connectivity index (χ4v) is 2.72. The number of anilines is 1. The van der Waals surface area contributed by atoms with Crippen molar-refractivity contribution in [3.63, 3.8) is 0 Å². The standard InChI is InChI=1S/C17H18ClFN2S/c1-3-16(13-7-5-4-6-11(13)2)21-17(22)20-12-8-9-15(19)14(18)10-12/h4-10,16H,3H2,1-2H3,(H2,20,21,22)/t16-/m1/s1. The molecule has 0 unspecified atom stereocenters. The van der Waals surface area contributed by atoms with Crippen LogP contribution in [0.2, 0.25) is 5.02 Å². The van der Waals surface area contributed by atoms with Gasteiger partial charge in [0, 0.05) is 5.69 Å². The van der Waals surface area contributed by atoms with E-state index in [1.54, 1.807) is 6.07 Å². The lowest BCUT2D eigenvalue weighted by Crippen LogP contribution is -2.32. The Bertz CT molecular complexity index is 675. The van der Waals surface area contributed by atoms with Gasteiger partial charge in [0.15, 0.2) is 5.11 Å². The number of halogens is 2. The molecule has 0 fully saturated rings. The van der Waals surface area contributed by atoms with Crippen molar-refractivity contribution in [1.82, 2.24) is 5.32 Å². The Hall–Kier alpha value is -1.65. The number of aryl methyl sites for hydroxylation is 1. The highest BCUT2D eigenvalue weighted by Crippen LogP contribution is 2.22. The van der Waals surface area contributed by atoms with Crippen molar-refractivity contribution >= 4 is 34.6 Å². The van der Waals surface area contributed by atoms with E-state index < -0.39 is 5.82 Å². The van der Waals surface area contributed by atoms with Crippen LogP contribution in [0.3, 0.4) is 0 Å². The monoisotopic (exact) mass is 336 g/mol. The maximum absolute atomic E-state index is 13.2. The first-order valence-electron chi connectivity index (χ1n) is 7.09. The maximum Gasteiger partial charge on any atom is 0.171 e. The largest absolute Gasteiger partial charge is 0.356 e. The Balaban J connectivity index is 2.06. The lowest BCUT2D eigenvalue weighted by molar-refractivity contribution is 0.625. The van der Waals surface area contributed by atoms with Gasteiger partial charge in [0.1, 0.15) is 5.82 Å². The van der Waals surface area contributed by atoms with Crippen molar-refractivity contribution in [3.05, 3.63) is 64.4 Å². The fourth-order valence-electron chi connectivity index (χ4n) is 2.28. The molecule has 0 aliphatic rings. The molecule has 0 amide bonds. The highest BCUT2D eigenvalue weighted by atomic mass is 35.5. The van der Waals surface area contributed by atoms with Crippen LogP contribution in [-0.4, -0.2) is 5.11 Å². The van der Waals surface area contributed by atoms with Crippen molar-refractivity contribution in [2.45, 2.75) is 26.3 Å². The van der Waals surface area contributed by atoms with E-state index in [1.165, 1.54) is 23.3 Å². The van der Waals surface area contributed by atoms with Gasteiger partial charge in [0.05, 0.1) is 11.1 Å². The van der Waals surface area contributed by atoms with E-state index in [9.17, 15) is 4.39 Å². The minimum Gasteiger partial charge on any atom is -0.356 e. The molecule has 1 atom stereocenters. The predicted molar refractivity (Wildman–Crippen MR) is 95.0 cm³/mol. The smallest absolute Gasteiger partial charge is 0.171 e. The average Bonchev–Trinajstić information content (AvgIpc) is 2.49. The molecule has 2 N–H and O–H groups in total. The molecule has 0 saturated heterocycles. The summed E-state index contributed by atoms with van der Waals surface area (Å²) < 4.78 is 13.2. The van der Waals surface area contributed by atoms with Gasteiger partial charge in [-0.15, -0.1) is 0 Å². The first kappa shape index (κ1) is 16.7. The zero-order chi connectivity index (χ0) is 16.1. The van der Waals surface area contributed by atoms with Crippen molar-refractivity contribution in [1.29, 1.82) is 0 Å². The van der Waals surface area contributed by atoms with E-state index in [1.807, 2.05) is 12.1 Å². The average molecular weight is 337 g/mol. The predicted octanol–water partition coefficient (Wildman–Crippen LogP) is 5.23. The summed E-state index contributed by atoms with van der Waals surface area (Å²) in [5, 5.41) is 6.88. The number of hydrogen-bond acceptors (Lipinski definition) is 1. The van der Waals surface area contributed by atoms with Crippen molar-refractivity contribution in [2.24, 2.45) is 0 Å². The maximum atomic E-state index is 13.2. The fraction of sp³-hybridized carbons (Fsp3) is 0.235. The molecule has 0 aromatic heterocycles. The Kier molecular flexibility index (Phi) is 5.75. The Labute approximate surface area is 140 Å². The molecule has 0 aliphatic heterocycles. The van der Waals surface area contributed by atoms with E-state index in [0.29, 0.717) is 10.8 Å². The van der Waals surface area contributed by atoms with Crippen LogP contribution in [0.5, 0.6) is 0 Å². The minimum absolute atomic E-state index is 0.0683. The molecule has 5 heteroatoms. The molecule has 0 bridgehead atoms. The van der Waals surface area contributed by atoms with Gasteiger partial charge in [-0.05, 0) is 54.9 Å². The van der Waals surface area contributed by atoms with Gasteiger partial charge >= 0.3 is 0 Å². The number of benzene rings is 2. The SMILES string of the molecule is CC[C@@H](NC(=S)Nc1ccc(F)c(Cl)c1)c1ccccc1C. The second-order valence-electron chi connectivity index (χ2n) is 5.04. The lowest BCUT2D eigenvalue weighted by Gasteiger charge is -2.21. The second-order valence-corrected chi connectivity index (χ2v) is 5.86. The van der Waals surface area contributed by atoms with Crippen molar-refractivity contribution < 1.29 is 4.39 Å². The molecular weight excluding hydrogens is 319 g/mol. The van der Waals surface area contributed by atoms with Gasteiger partial charge in [0.2, 0.25) is 0 Å². The van der Waals surface area contributed by atoms with Crippen LogP contribution in [-0.2, 0) is 0 Å². The summed E-state index contributed by atoms with van der Waals surface area (Å²) in [6, 6.07) is 12.8. The zero-order valence-corrected chi connectivity index (χ0v) is 14.1. The van der Waals surface area contributed by atoms with Crippen molar-refractivity contribution in [2.75, 3.05) is 5.32 Å². The highest BCUT2D eigenvalue weighted by molar-refractivity contribution is 7.80. The molecular formula is C17H18ClFN2S. The van der Waals surface area contributed by atoms with Gasteiger partial charge in [-0.25, -0.2) is 4.39 Å². The zero-order valence-electron chi connectivity index (χ0n) is 12.5. The van der Waals surface area contributed by atoms with Crippen LogP contribution in [0.25, 0.3) is 0 Å². The Morgan fingerprint density at radius 2 is 2.00 bits per heavy atom. The number of thiocarbonyl (C=S) groups is 1. The molecule has 116 valence electrons. The van der Waals surface area contributed by atoms with Gasteiger partial charge in [-0.2, -0.15) is 0 Å². The molecule has 0 heterocycles. The Morgan fingerprint density at radius 3 is 2.64 bits per heavy atom. The first-order chi connectivity index (χ1) is 10.5. The van der Waals surface area contributed by atoms with Gasteiger partial charge in [0.25, 0.3) is 0 Å². The van der Waals surface area contributed by atoms with Crippen LogP contribution >= 0.6 is 23.8 Å². The van der Waals surface area contributed by atoms with E-state index in [0.717, 1.165) is 6.42 Å². The van der Waals surface area contributed by atoms with Crippen LogP contribution in [0.1, 0.15) is 30.5 Å². The molecule has 2 aromatic rings.